The van der Waals surface area contributed by atoms with Crippen molar-refractivity contribution in [1.82, 2.24) is 4.57 Å². The molecule has 0 bridgehead atoms. The first-order valence-corrected chi connectivity index (χ1v) is 5.65. The lowest BCUT2D eigenvalue weighted by atomic mass is 9.97. The maximum Gasteiger partial charge on any atom is 0.179 e. The van der Waals surface area contributed by atoms with Crippen LogP contribution >= 0.6 is 0 Å². The standard InChI is InChI=1S/C14H13NO/c16-13-8-4-5-11-9-10-15(14(11)13)12-6-2-1-3-7-12/h1-3,6-7,9-10H,4-5,8H2. The van der Waals surface area contributed by atoms with E-state index in [0.29, 0.717) is 6.42 Å². The molecule has 2 nitrogen and oxygen atoms in total. The van der Waals surface area contributed by atoms with Crippen molar-refractivity contribution in [3.8, 4) is 5.69 Å². The molecular weight excluding hydrogens is 198 g/mol. The van der Waals surface area contributed by atoms with Crippen LogP contribution in [0, 0.1) is 0 Å². The fourth-order valence-corrected chi connectivity index (χ4v) is 2.35. The van der Waals surface area contributed by atoms with Gasteiger partial charge in [0.25, 0.3) is 0 Å². The van der Waals surface area contributed by atoms with Crippen molar-refractivity contribution in [2.24, 2.45) is 0 Å². The maximum absolute atomic E-state index is 11.9. The highest BCUT2D eigenvalue weighted by atomic mass is 16.1. The molecule has 0 unspecified atom stereocenters. The Hall–Kier alpha value is -1.83. The summed E-state index contributed by atoms with van der Waals surface area (Å²) < 4.78 is 2.01. The second kappa shape index (κ2) is 3.63. The highest BCUT2D eigenvalue weighted by molar-refractivity contribution is 5.97. The Morgan fingerprint density at radius 1 is 1.00 bits per heavy atom. The molecule has 1 aromatic carbocycles. The predicted octanol–water partition coefficient (Wildman–Crippen LogP) is 3.00. The first-order chi connectivity index (χ1) is 7.86. The lowest BCUT2D eigenvalue weighted by molar-refractivity contribution is 0.0965. The van der Waals surface area contributed by atoms with Crippen molar-refractivity contribution in [2.75, 3.05) is 0 Å². The zero-order valence-corrected chi connectivity index (χ0v) is 9.02. The van der Waals surface area contributed by atoms with Gasteiger partial charge in [-0.1, -0.05) is 18.2 Å². The van der Waals surface area contributed by atoms with Crippen LogP contribution < -0.4 is 0 Å². The van der Waals surface area contributed by atoms with Gasteiger partial charge in [-0.3, -0.25) is 4.79 Å². The number of Topliss-reactive ketones (excluding diaryl/α,β-unsaturated/α-hetero) is 1. The van der Waals surface area contributed by atoms with E-state index in [-0.39, 0.29) is 5.78 Å². The summed E-state index contributed by atoms with van der Waals surface area (Å²) >= 11 is 0. The number of fused-ring (bicyclic) bond motifs is 1. The molecule has 80 valence electrons. The van der Waals surface area contributed by atoms with Crippen LogP contribution in [-0.4, -0.2) is 10.4 Å². The molecular formula is C14H13NO. The van der Waals surface area contributed by atoms with E-state index in [1.165, 1.54) is 5.56 Å². The van der Waals surface area contributed by atoms with E-state index in [2.05, 4.69) is 6.07 Å². The summed E-state index contributed by atoms with van der Waals surface area (Å²) in [6, 6.07) is 12.1. The Morgan fingerprint density at radius 2 is 1.81 bits per heavy atom. The van der Waals surface area contributed by atoms with E-state index in [1.54, 1.807) is 0 Å². The van der Waals surface area contributed by atoms with Crippen molar-refractivity contribution < 1.29 is 4.79 Å². The number of hydrogen-bond donors (Lipinski definition) is 0. The van der Waals surface area contributed by atoms with Crippen molar-refractivity contribution >= 4 is 5.78 Å². The van der Waals surface area contributed by atoms with Crippen molar-refractivity contribution in [3.05, 3.63) is 53.9 Å². The van der Waals surface area contributed by atoms with Gasteiger partial charge in [-0.2, -0.15) is 0 Å². The monoisotopic (exact) mass is 211 g/mol. The zero-order chi connectivity index (χ0) is 11.0. The van der Waals surface area contributed by atoms with Gasteiger partial charge >= 0.3 is 0 Å². The third-order valence-electron chi connectivity index (χ3n) is 3.12. The van der Waals surface area contributed by atoms with Gasteiger partial charge in [0, 0.05) is 18.3 Å². The van der Waals surface area contributed by atoms with Gasteiger partial charge in [-0.25, -0.2) is 0 Å². The van der Waals surface area contributed by atoms with Crippen LogP contribution in [0.2, 0.25) is 0 Å². The molecule has 2 heteroatoms. The molecule has 0 saturated carbocycles. The first kappa shape index (κ1) is 9.40. The number of carbonyl (C=O) groups excluding carboxylic acids is 1. The minimum absolute atomic E-state index is 0.273. The summed E-state index contributed by atoms with van der Waals surface area (Å²) in [5, 5.41) is 0. The van der Waals surface area contributed by atoms with Crippen LogP contribution in [0.4, 0.5) is 0 Å². The van der Waals surface area contributed by atoms with E-state index in [0.717, 1.165) is 24.2 Å². The van der Waals surface area contributed by atoms with Crippen LogP contribution in [0.1, 0.15) is 28.9 Å². The van der Waals surface area contributed by atoms with Gasteiger partial charge in [0.15, 0.2) is 5.78 Å². The lowest BCUT2D eigenvalue weighted by Gasteiger charge is -2.14. The van der Waals surface area contributed by atoms with Gasteiger partial charge in [-0.15, -0.1) is 0 Å². The Balaban J connectivity index is 2.16. The van der Waals surface area contributed by atoms with Crippen molar-refractivity contribution in [3.63, 3.8) is 0 Å². The van der Waals surface area contributed by atoms with E-state index in [1.807, 2.05) is 41.1 Å². The summed E-state index contributed by atoms with van der Waals surface area (Å²) in [6.45, 7) is 0. The molecule has 0 saturated heterocycles. The Kier molecular flexibility index (Phi) is 2.13. The largest absolute Gasteiger partial charge is 0.314 e. The molecule has 1 heterocycles. The molecule has 16 heavy (non-hydrogen) atoms. The van der Waals surface area contributed by atoms with Crippen LogP contribution in [0.3, 0.4) is 0 Å². The molecule has 0 atom stereocenters. The lowest BCUT2D eigenvalue weighted by Crippen LogP contribution is -2.14. The Morgan fingerprint density at radius 3 is 2.62 bits per heavy atom. The van der Waals surface area contributed by atoms with E-state index < -0.39 is 0 Å². The van der Waals surface area contributed by atoms with Gasteiger partial charge in [0.1, 0.15) is 0 Å². The molecule has 0 aliphatic heterocycles. The summed E-state index contributed by atoms with van der Waals surface area (Å²) in [6.07, 6.45) is 4.71. The third kappa shape index (κ3) is 1.38. The minimum atomic E-state index is 0.273. The third-order valence-corrected chi connectivity index (χ3v) is 3.12. The number of benzene rings is 1. The average molecular weight is 211 g/mol. The Labute approximate surface area is 94.5 Å². The molecule has 0 spiro atoms. The fourth-order valence-electron chi connectivity index (χ4n) is 2.35. The number of nitrogens with zero attached hydrogens (tertiary/aromatic N) is 1. The van der Waals surface area contributed by atoms with Crippen LogP contribution in [-0.2, 0) is 6.42 Å². The van der Waals surface area contributed by atoms with E-state index in [9.17, 15) is 4.79 Å². The minimum Gasteiger partial charge on any atom is -0.314 e. The average Bonchev–Trinajstić information content (AvgIpc) is 2.75. The maximum atomic E-state index is 11.9. The molecule has 0 amide bonds. The van der Waals surface area contributed by atoms with Crippen LogP contribution in [0.5, 0.6) is 0 Å². The van der Waals surface area contributed by atoms with Gasteiger partial charge in [0.05, 0.1) is 5.69 Å². The predicted molar refractivity (Wildman–Crippen MR) is 63.0 cm³/mol. The number of para-hydroxylation sites is 1. The van der Waals surface area contributed by atoms with Crippen molar-refractivity contribution in [1.29, 1.82) is 0 Å². The highest BCUT2D eigenvalue weighted by Crippen LogP contribution is 2.24. The molecule has 1 aromatic heterocycles. The second-order valence-electron chi connectivity index (χ2n) is 4.17. The van der Waals surface area contributed by atoms with Gasteiger partial charge < -0.3 is 4.57 Å². The molecule has 0 N–H and O–H groups in total. The zero-order valence-electron chi connectivity index (χ0n) is 9.02. The summed E-state index contributed by atoms with van der Waals surface area (Å²) in [4.78, 5) is 11.9. The number of rotatable bonds is 1. The molecule has 2 aromatic rings. The number of carbonyl (C=O) groups is 1. The SMILES string of the molecule is O=C1CCCc2ccn(-c3ccccc3)c21. The topological polar surface area (TPSA) is 22.0 Å². The Bertz CT molecular complexity index is 525. The molecule has 1 aliphatic carbocycles. The number of aryl methyl sites for hydroxylation is 1. The fraction of sp³-hybridized carbons (Fsp3) is 0.214. The molecule has 1 aliphatic rings. The number of ketones is 1. The number of hydrogen-bond acceptors (Lipinski definition) is 1. The van der Waals surface area contributed by atoms with E-state index >= 15 is 0 Å². The van der Waals surface area contributed by atoms with Crippen LogP contribution in [0.15, 0.2) is 42.6 Å². The quantitative estimate of drug-likeness (QED) is 0.710. The summed E-state index contributed by atoms with van der Waals surface area (Å²) in [7, 11) is 0. The van der Waals surface area contributed by atoms with Crippen molar-refractivity contribution in [2.45, 2.75) is 19.3 Å². The first-order valence-electron chi connectivity index (χ1n) is 5.65. The molecule has 0 radical (unpaired) electrons. The number of aromatic nitrogens is 1. The van der Waals surface area contributed by atoms with E-state index in [4.69, 9.17) is 0 Å². The second-order valence-corrected chi connectivity index (χ2v) is 4.17. The summed E-state index contributed by atoms with van der Waals surface area (Å²) in [5.74, 6) is 0.273. The molecule has 3 rings (SSSR count). The van der Waals surface area contributed by atoms with Crippen LogP contribution in [0.25, 0.3) is 5.69 Å². The highest BCUT2D eigenvalue weighted by Gasteiger charge is 2.21. The smallest absolute Gasteiger partial charge is 0.179 e. The van der Waals surface area contributed by atoms with Gasteiger partial charge in [0.2, 0.25) is 0 Å². The summed E-state index contributed by atoms with van der Waals surface area (Å²) in [5.41, 5.74) is 3.15. The normalized spacial score (nSPS) is 14.9. The molecule has 0 fully saturated rings. The van der Waals surface area contributed by atoms with Gasteiger partial charge in [-0.05, 0) is 36.6 Å².